The number of anilines is 2. The van der Waals surface area contributed by atoms with Gasteiger partial charge < -0.3 is 15.0 Å². The Balaban J connectivity index is 1.53. The number of hydrogen-bond acceptors (Lipinski definition) is 7. The third-order valence-electron chi connectivity index (χ3n) is 4.62. The molecule has 1 fully saturated rings. The van der Waals surface area contributed by atoms with Gasteiger partial charge in [-0.15, -0.1) is 0 Å². The number of aryl methyl sites for hydroxylation is 1. The number of morpholine rings is 1. The number of amides is 1. The maximum atomic E-state index is 12.7. The van der Waals surface area contributed by atoms with E-state index in [2.05, 4.69) is 36.2 Å². The van der Waals surface area contributed by atoms with Crippen LogP contribution in [0.4, 0.5) is 11.6 Å². The number of carbonyl (C=O) groups is 1. The summed E-state index contributed by atoms with van der Waals surface area (Å²) in [5.41, 5.74) is 1.62. The van der Waals surface area contributed by atoms with Crippen molar-refractivity contribution in [3.63, 3.8) is 0 Å². The lowest BCUT2D eigenvalue weighted by molar-refractivity contribution is -0.116. The number of nitrogens with one attached hydrogen (secondary N) is 1. The molecular weight excluding hydrogens is 440 g/mol. The molecule has 29 heavy (non-hydrogen) atoms. The van der Waals surface area contributed by atoms with Crippen LogP contribution in [0.25, 0.3) is 11.0 Å². The molecule has 0 atom stereocenters. The van der Waals surface area contributed by atoms with Crippen molar-refractivity contribution in [2.45, 2.75) is 13.5 Å². The van der Waals surface area contributed by atoms with Crippen molar-refractivity contribution in [1.82, 2.24) is 19.5 Å². The van der Waals surface area contributed by atoms with Crippen molar-refractivity contribution in [3.8, 4) is 0 Å². The Bertz CT molecular complexity index is 1130. The molecule has 150 valence electrons. The van der Waals surface area contributed by atoms with Gasteiger partial charge in [-0.1, -0.05) is 15.9 Å². The number of rotatable bonds is 4. The Morgan fingerprint density at radius 1 is 1.28 bits per heavy atom. The summed E-state index contributed by atoms with van der Waals surface area (Å²) < 4.78 is 7.54. The highest BCUT2D eigenvalue weighted by molar-refractivity contribution is 9.10. The summed E-state index contributed by atoms with van der Waals surface area (Å²) in [5.74, 6) is 0.203. The van der Waals surface area contributed by atoms with E-state index in [1.165, 1.54) is 17.1 Å². The quantitative estimate of drug-likeness (QED) is 0.634. The van der Waals surface area contributed by atoms with Gasteiger partial charge in [0.25, 0.3) is 5.56 Å². The van der Waals surface area contributed by atoms with Crippen LogP contribution in [0.5, 0.6) is 0 Å². The zero-order valence-corrected chi connectivity index (χ0v) is 17.3. The normalized spacial score (nSPS) is 14.2. The predicted molar refractivity (Wildman–Crippen MR) is 112 cm³/mol. The molecule has 1 amide bonds. The van der Waals surface area contributed by atoms with Gasteiger partial charge in [-0.3, -0.25) is 14.2 Å². The minimum absolute atomic E-state index is 0.151. The second kappa shape index (κ2) is 8.26. The summed E-state index contributed by atoms with van der Waals surface area (Å²) in [6, 6.07) is 5.50. The molecule has 9 nitrogen and oxygen atoms in total. The molecule has 0 saturated carbocycles. The largest absolute Gasteiger partial charge is 0.378 e. The van der Waals surface area contributed by atoms with Gasteiger partial charge in [-0.05, 0) is 30.7 Å². The molecule has 0 radical (unpaired) electrons. The predicted octanol–water partition coefficient (Wildman–Crippen LogP) is 1.73. The Labute approximate surface area is 174 Å². The van der Waals surface area contributed by atoms with Gasteiger partial charge in [-0.25, -0.2) is 9.97 Å². The summed E-state index contributed by atoms with van der Waals surface area (Å²) in [6.45, 7) is 4.40. The van der Waals surface area contributed by atoms with Crippen molar-refractivity contribution in [3.05, 3.63) is 51.1 Å². The first-order chi connectivity index (χ1) is 14.0. The lowest BCUT2D eigenvalue weighted by Crippen LogP contribution is -2.37. The molecule has 1 aliphatic heterocycles. The van der Waals surface area contributed by atoms with Gasteiger partial charge in [-0.2, -0.15) is 4.98 Å². The topological polar surface area (TPSA) is 102 Å². The SMILES string of the molecule is Cc1cc(NC(=O)Cn2cnc3nc(N4CCOCC4)ncc3c2=O)ccc1Br. The number of nitrogens with zero attached hydrogens (tertiary/aromatic N) is 5. The van der Waals surface area contributed by atoms with Crippen LogP contribution in [0.15, 0.2) is 40.0 Å². The third-order valence-corrected chi connectivity index (χ3v) is 5.51. The van der Waals surface area contributed by atoms with Gasteiger partial charge in [0, 0.05) is 29.4 Å². The van der Waals surface area contributed by atoms with Crippen LogP contribution >= 0.6 is 15.9 Å². The van der Waals surface area contributed by atoms with E-state index in [0.29, 0.717) is 43.6 Å². The summed E-state index contributed by atoms with van der Waals surface area (Å²) in [6.07, 6.45) is 2.81. The molecule has 1 saturated heterocycles. The number of aromatic nitrogens is 4. The average molecular weight is 459 g/mol. The van der Waals surface area contributed by atoms with E-state index in [1.807, 2.05) is 24.0 Å². The van der Waals surface area contributed by atoms with Crippen molar-refractivity contribution >= 4 is 44.5 Å². The van der Waals surface area contributed by atoms with Gasteiger partial charge in [0.05, 0.1) is 13.2 Å². The number of fused-ring (bicyclic) bond motifs is 1. The maximum Gasteiger partial charge on any atom is 0.264 e. The van der Waals surface area contributed by atoms with Crippen molar-refractivity contribution in [1.29, 1.82) is 0 Å². The first-order valence-corrected chi connectivity index (χ1v) is 9.91. The number of carbonyl (C=O) groups excluding carboxylic acids is 1. The van der Waals surface area contributed by atoms with Gasteiger partial charge >= 0.3 is 0 Å². The fourth-order valence-electron chi connectivity index (χ4n) is 3.05. The van der Waals surface area contributed by atoms with E-state index in [0.717, 1.165) is 10.0 Å². The first-order valence-electron chi connectivity index (χ1n) is 9.12. The lowest BCUT2D eigenvalue weighted by atomic mass is 10.2. The van der Waals surface area contributed by atoms with Crippen LogP contribution in [0, 0.1) is 6.92 Å². The zero-order chi connectivity index (χ0) is 20.4. The summed E-state index contributed by atoms with van der Waals surface area (Å²) >= 11 is 3.42. The van der Waals surface area contributed by atoms with E-state index >= 15 is 0 Å². The highest BCUT2D eigenvalue weighted by Crippen LogP contribution is 2.20. The van der Waals surface area contributed by atoms with Crippen LogP contribution in [0.3, 0.4) is 0 Å². The highest BCUT2D eigenvalue weighted by atomic mass is 79.9. The molecule has 4 rings (SSSR count). The summed E-state index contributed by atoms with van der Waals surface area (Å²) in [4.78, 5) is 40.0. The van der Waals surface area contributed by atoms with Gasteiger partial charge in [0.2, 0.25) is 11.9 Å². The second-order valence-electron chi connectivity index (χ2n) is 6.70. The van der Waals surface area contributed by atoms with Crippen molar-refractivity contribution in [2.24, 2.45) is 0 Å². The molecule has 10 heteroatoms. The Hall–Kier alpha value is -2.85. The molecule has 1 aliphatic rings. The Morgan fingerprint density at radius 3 is 2.83 bits per heavy atom. The molecule has 2 aromatic heterocycles. The standard InChI is InChI=1S/C19H19BrN6O3/c1-12-8-13(2-3-15(12)20)23-16(27)10-26-11-22-17-14(18(26)28)9-21-19(24-17)25-4-6-29-7-5-25/h2-3,8-9,11H,4-7,10H2,1H3,(H,23,27). The molecule has 1 aromatic carbocycles. The Morgan fingerprint density at radius 2 is 2.07 bits per heavy atom. The fourth-order valence-corrected chi connectivity index (χ4v) is 3.30. The molecule has 0 aliphatic carbocycles. The highest BCUT2D eigenvalue weighted by Gasteiger charge is 2.16. The average Bonchev–Trinajstić information content (AvgIpc) is 2.73. The number of benzene rings is 1. The molecule has 0 spiro atoms. The monoisotopic (exact) mass is 458 g/mol. The smallest absolute Gasteiger partial charge is 0.264 e. The minimum Gasteiger partial charge on any atom is -0.378 e. The third kappa shape index (κ3) is 4.28. The molecule has 1 N–H and O–H groups in total. The Kier molecular flexibility index (Phi) is 5.54. The minimum atomic E-state index is -0.356. The van der Waals surface area contributed by atoms with Crippen LogP contribution in [-0.4, -0.2) is 51.7 Å². The number of hydrogen-bond donors (Lipinski definition) is 1. The zero-order valence-electron chi connectivity index (χ0n) is 15.8. The van der Waals surface area contributed by atoms with E-state index in [4.69, 9.17) is 4.74 Å². The molecule has 3 aromatic rings. The van der Waals surface area contributed by atoms with Crippen LogP contribution in [0.1, 0.15) is 5.56 Å². The van der Waals surface area contributed by atoms with Crippen molar-refractivity contribution < 1.29 is 9.53 Å². The van der Waals surface area contributed by atoms with E-state index < -0.39 is 0 Å². The lowest BCUT2D eigenvalue weighted by Gasteiger charge is -2.26. The van der Waals surface area contributed by atoms with Crippen LogP contribution in [-0.2, 0) is 16.1 Å². The summed E-state index contributed by atoms with van der Waals surface area (Å²) in [5, 5.41) is 3.06. The first kappa shape index (κ1) is 19.5. The van der Waals surface area contributed by atoms with Gasteiger partial charge in [0.1, 0.15) is 18.3 Å². The fraction of sp³-hybridized carbons (Fsp3) is 0.316. The maximum absolute atomic E-state index is 12.7. The number of ether oxygens (including phenoxy) is 1. The van der Waals surface area contributed by atoms with Crippen LogP contribution < -0.4 is 15.8 Å². The van der Waals surface area contributed by atoms with E-state index in [-0.39, 0.29) is 23.4 Å². The number of halogens is 1. The molecular formula is C19H19BrN6O3. The second-order valence-corrected chi connectivity index (χ2v) is 7.55. The van der Waals surface area contributed by atoms with E-state index in [1.54, 1.807) is 6.07 Å². The van der Waals surface area contributed by atoms with Crippen LogP contribution in [0.2, 0.25) is 0 Å². The summed E-state index contributed by atoms with van der Waals surface area (Å²) in [7, 11) is 0. The van der Waals surface area contributed by atoms with E-state index in [9.17, 15) is 9.59 Å². The molecule has 0 unspecified atom stereocenters. The van der Waals surface area contributed by atoms with Gasteiger partial charge in [0.15, 0.2) is 5.65 Å². The molecule has 3 heterocycles. The molecule has 0 bridgehead atoms. The van der Waals surface area contributed by atoms with Crippen molar-refractivity contribution in [2.75, 3.05) is 36.5 Å².